The summed E-state index contributed by atoms with van der Waals surface area (Å²) in [5.74, 6) is 3.83. The van der Waals surface area contributed by atoms with Gasteiger partial charge in [-0.2, -0.15) is 0 Å². The predicted molar refractivity (Wildman–Crippen MR) is 203 cm³/mol. The molecule has 1 aliphatic carbocycles. The van der Waals surface area contributed by atoms with E-state index in [2.05, 4.69) is 69.7 Å². The minimum atomic E-state index is -0.193. The van der Waals surface area contributed by atoms with Crippen LogP contribution in [0.5, 0.6) is 0 Å². The SMILES string of the molecule is C#CCCCC=O.C=CCCCC.CCCC(C)(COC)COC(=O)CCC/C=C\C[C@H]1CCCC1CC[C@@H](O)CCc1ccccc1. The normalized spacial score (nSPS) is 17.2. The van der Waals surface area contributed by atoms with E-state index in [0.717, 1.165) is 88.8 Å². The van der Waals surface area contributed by atoms with Gasteiger partial charge in [0.25, 0.3) is 0 Å². The minimum absolute atomic E-state index is 0.0885. The van der Waals surface area contributed by atoms with Crippen molar-refractivity contribution in [3.63, 3.8) is 0 Å². The molecular formula is C43H70O5. The number of aldehydes is 1. The smallest absolute Gasteiger partial charge is 0.305 e. The summed E-state index contributed by atoms with van der Waals surface area (Å²) in [7, 11) is 1.70. The van der Waals surface area contributed by atoms with Gasteiger partial charge in [0.15, 0.2) is 0 Å². The first kappa shape index (κ1) is 45.3. The number of hydrogen-bond acceptors (Lipinski definition) is 5. The van der Waals surface area contributed by atoms with Crippen LogP contribution in [0.25, 0.3) is 0 Å². The van der Waals surface area contributed by atoms with Crippen LogP contribution in [-0.4, -0.2) is 43.8 Å². The van der Waals surface area contributed by atoms with Gasteiger partial charge >= 0.3 is 5.97 Å². The molecule has 0 aromatic heterocycles. The monoisotopic (exact) mass is 667 g/mol. The maximum absolute atomic E-state index is 12.1. The first-order valence-electron chi connectivity index (χ1n) is 18.8. The first-order chi connectivity index (χ1) is 23.3. The van der Waals surface area contributed by atoms with Gasteiger partial charge in [0.2, 0.25) is 0 Å². The number of aryl methyl sites for hydroxylation is 1. The third-order valence-corrected chi connectivity index (χ3v) is 8.99. The van der Waals surface area contributed by atoms with Crippen LogP contribution < -0.4 is 0 Å². The van der Waals surface area contributed by atoms with E-state index in [0.29, 0.717) is 26.1 Å². The lowest BCUT2D eigenvalue weighted by Gasteiger charge is -2.27. The molecule has 5 nitrogen and oxygen atoms in total. The van der Waals surface area contributed by atoms with Gasteiger partial charge in [-0.15, -0.1) is 18.9 Å². The fourth-order valence-electron chi connectivity index (χ4n) is 6.19. The average Bonchev–Trinajstić information content (AvgIpc) is 3.55. The van der Waals surface area contributed by atoms with Crippen molar-refractivity contribution in [2.24, 2.45) is 17.3 Å². The number of rotatable bonds is 24. The number of carbonyl (C=O) groups is 2. The highest BCUT2D eigenvalue weighted by molar-refractivity contribution is 5.69. The van der Waals surface area contributed by atoms with Crippen LogP contribution in [0.2, 0.25) is 0 Å². The molecule has 1 aliphatic rings. The largest absolute Gasteiger partial charge is 0.465 e. The van der Waals surface area contributed by atoms with E-state index in [4.69, 9.17) is 15.9 Å². The van der Waals surface area contributed by atoms with E-state index < -0.39 is 0 Å². The number of aliphatic hydroxyl groups excluding tert-OH is 1. The summed E-state index contributed by atoms with van der Waals surface area (Å²) in [5.41, 5.74) is 1.22. The van der Waals surface area contributed by atoms with Crippen LogP contribution in [0, 0.1) is 29.6 Å². The second-order valence-electron chi connectivity index (χ2n) is 13.7. The van der Waals surface area contributed by atoms with Gasteiger partial charge in [-0.05, 0) is 88.0 Å². The molecule has 0 saturated heterocycles. The number of allylic oxidation sites excluding steroid dienone is 3. The van der Waals surface area contributed by atoms with Crippen molar-refractivity contribution < 1.29 is 24.2 Å². The molecule has 1 fully saturated rings. The minimum Gasteiger partial charge on any atom is -0.465 e. The Morgan fingerprint density at radius 1 is 1.04 bits per heavy atom. The maximum Gasteiger partial charge on any atom is 0.305 e. The second-order valence-corrected chi connectivity index (χ2v) is 13.7. The molecule has 1 aromatic carbocycles. The third-order valence-electron chi connectivity index (χ3n) is 8.99. The number of benzene rings is 1. The Morgan fingerprint density at radius 2 is 1.79 bits per heavy atom. The molecule has 1 aromatic rings. The van der Waals surface area contributed by atoms with Crippen molar-refractivity contribution in [3.8, 4) is 12.3 Å². The number of unbranched alkanes of at least 4 members (excludes halogenated alkanes) is 5. The summed E-state index contributed by atoms with van der Waals surface area (Å²) >= 11 is 0. The van der Waals surface area contributed by atoms with Crippen molar-refractivity contribution >= 4 is 12.3 Å². The lowest BCUT2D eigenvalue weighted by molar-refractivity contribution is -0.148. The molecule has 0 heterocycles. The van der Waals surface area contributed by atoms with Crippen molar-refractivity contribution in [2.45, 2.75) is 149 Å². The van der Waals surface area contributed by atoms with E-state index in [1.54, 1.807) is 7.11 Å². The fraction of sp³-hybridized carbons (Fsp3) is 0.674. The van der Waals surface area contributed by atoms with E-state index >= 15 is 0 Å². The van der Waals surface area contributed by atoms with Crippen molar-refractivity contribution in [1.29, 1.82) is 0 Å². The van der Waals surface area contributed by atoms with Crippen molar-refractivity contribution in [3.05, 3.63) is 60.7 Å². The van der Waals surface area contributed by atoms with Crippen molar-refractivity contribution in [1.82, 2.24) is 0 Å². The molecule has 272 valence electrons. The Hall–Kier alpha value is -2.68. The van der Waals surface area contributed by atoms with Gasteiger partial charge in [0, 0.05) is 31.8 Å². The molecule has 1 N–H and O–H groups in total. The van der Waals surface area contributed by atoms with Gasteiger partial charge < -0.3 is 19.4 Å². The fourth-order valence-corrected chi connectivity index (χ4v) is 6.19. The molecule has 0 radical (unpaired) electrons. The number of ether oxygens (including phenoxy) is 2. The summed E-state index contributed by atoms with van der Waals surface area (Å²) in [6, 6.07) is 10.5. The van der Waals surface area contributed by atoms with Crippen molar-refractivity contribution in [2.75, 3.05) is 20.3 Å². The van der Waals surface area contributed by atoms with Gasteiger partial charge in [0.1, 0.15) is 6.29 Å². The Morgan fingerprint density at radius 3 is 2.42 bits per heavy atom. The number of aliphatic hydroxyl groups is 1. The zero-order valence-electron chi connectivity index (χ0n) is 31.1. The topological polar surface area (TPSA) is 72.8 Å². The number of hydrogen-bond donors (Lipinski definition) is 1. The number of terminal acetylenes is 1. The zero-order chi connectivity index (χ0) is 35.7. The van der Waals surface area contributed by atoms with Gasteiger partial charge in [-0.1, -0.05) is 101 Å². The highest BCUT2D eigenvalue weighted by atomic mass is 16.5. The van der Waals surface area contributed by atoms with Crippen LogP contribution in [0.3, 0.4) is 0 Å². The molecule has 0 spiro atoms. The molecule has 0 bridgehead atoms. The molecule has 5 heteroatoms. The number of esters is 1. The van der Waals surface area contributed by atoms with E-state index in [-0.39, 0.29) is 17.5 Å². The van der Waals surface area contributed by atoms with E-state index in [1.807, 2.05) is 12.1 Å². The highest BCUT2D eigenvalue weighted by Gasteiger charge is 2.27. The van der Waals surface area contributed by atoms with Gasteiger partial charge in [-0.25, -0.2) is 0 Å². The summed E-state index contributed by atoms with van der Waals surface area (Å²) in [6.45, 7) is 11.1. The molecule has 0 aliphatic heterocycles. The predicted octanol–water partition coefficient (Wildman–Crippen LogP) is 10.6. The summed E-state index contributed by atoms with van der Waals surface area (Å²) in [4.78, 5) is 21.7. The second kappa shape index (κ2) is 31.6. The third kappa shape index (κ3) is 25.4. The molecule has 48 heavy (non-hydrogen) atoms. The lowest BCUT2D eigenvalue weighted by Crippen LogP contribution is -2.29. The molecular weight excluding hydrogens is 596 g/mol. The number of methoxy groups -OCH3 is 1. The Balaban J connectivity index is 0.00000143. The van der Waals surface area contributed by atoms with E-state index in [9.17, 15) is 14.7 Å². The molecule has 2 unspecified atom stereocenters. The lowest BCUT2D eigenvalue weighted by atomic mass is 9.87. The highest BCUT2D eigenvalue weighted by Crippen LogP contribution is 2.37. The van der Waals surface area contributed by atoms with E-state index in [1.165, 1.54) is 44.1 Å². The van der Waals surface area contributed by atoms with Crippen LogP contribution in [0.4, 0.5) is 0 Å². The van der Waals surface area contributed by atoms with Crippen LogP contribution in [-0.2, 0) is 25.5 Å². The first-order valence-corrected chi connectivity index (χ1v) is 18.8. The molecule has 1 saturated carbocycles. The molecule has 0 amide bonds. The average molecular weight is 667 g/mol. The number of carbonyl (C=O) groups excluding carboxylic acids is 2. The Kier molecular flexibility index (Phi) is 29.8. The summed E-state index contributed by atoms with van der Waals surface area (Å²) < 4.78 is 10.8. The quantitative estimate of drug-likeness (QED) is 0.0391. The van der Waals surface area contributed by atoms with Crippen LogP contribution in [0.1, 0.15) is 142 Å². The van der Waals surface area contributed by atoms with Gasteiger partial charge in [-0.3, -0.25) is 4.79 Å². The van der Waals surface area contributed by atoms with Gasteiger partial charge in [0.05, 0.1) is 19.3 Å². The summed E-state index contributed by atoms with van der Waals surface area (Å²) in [5, 5.41) is 10.5. The Labute approximate surface area is 295 Å². The molecule has 2 rings (SSSR count). The Bertz CT molecular complexity index is 973. The standard InChI is InChI=1S/C31H50O4.C6H8O.C6H12/c1-4-23-31(2,24-34-3)25-35-30(33)18-11-6-5-10-15-27-16-12-17-28(27)20-22-29(32)21-19-26-13-8-7-9-14-26;1-2-3-4-5-6-7;1-3-5-6-4-2/h5,7-10,13-14,27-29,32H,4,6,11-12,15-25H2,1-3H3;1,6H,3-5H2;3H,1,4-6H2,2H3/b10-5-;;/t27-,28?,29-,31?;;/m0../s1. The zero-order valence-corrected chi connectivity index (χ0v) is 31.1. The van der Waals surface area contributed by atoms with Crippen LogP contribution >= 0.6 is 0 Å². The molecule has 4 atom stereocenters. The summed E-state index contributed by atoms with van der Waals surface area (Å²) in [6.07, 6.45) is 31.2. The maximum atomic E-state index is 12.1. The van der Waals surface area contributed by atoms with Crippen LogP contribution in [0.15, 0.2) is 55.1 Å².